The number of nitrogens with one attached hydrogen (secondary N) is 1. The minimum absolute atomic E-state index is 0.0793. The Labute approximate surface area is 181 Å². The first kappa shape index (κ1) is 21.6. The zero-order valence-electron chi connectivity index (χ0n) is 16.5. The summed E-state index contributed by atoms with van der Waals surface area (Å²) in [4.78, 5) is 22.7. The average molecular weight is 442 g/mol. The van der Waals surface area contributed by atoms with Gasteiger partial charge in [-0.2, -0.15) is 9.94 Å². The summed E-state index contributed by atoms with van der Waals surface area (Å²) in [7, 11) is 1.48. The first-order valence-electron chi connectivity index (χ1n) is 8.84. The highest BCUT2D eigenvalue weighted by Crippen LogP contribution is 2.26. The van der Waals surface area contributed by atoms with Crippen molar-refractivity contribution in [3.63, 3.8) is 0 Å². The van der Waals surface area contributed by atoms with Gasteiger partial charge in [0.2, 0.25) is 0 Å². The van der Waals surface area contributed by atoms with Crippen molar-refractivity contribution in [2.45, 2.75) is 13.5 Å². The van der Waals surface area contributed by atoms with Gasteiger partial charge in [0.05, 0.1) is 24.1 Å². The van der Waals surface area contributed by atoms with Crippen molar-refractivity contribution in [3.05, 3.63) is 74.3 Å². The predicted octanol–water partition coefficient (Wildman–Crippen LogP) is 3.95. The molecule has 0 atom stereocenters. The first-order chi connectivity index (χ1) is 14.8. The summed E-state index contributed by atoms with van der Waals surface area (Å²) in [5.41, 5.74) is 1.17. The second kappa shape index (κ2) is 9.15. The van der Waals surface area contributed by atoms with Gasteiger partial charge in [-0.3, -0.25) is 4.79 Å². The van der Waals surface area contributed by atoms with Gasteiger partial charge in [-0.05, 0) is 41.7 Å². The highest BCUT2D eigenvalue weighted by Gasteiger charge is 2.20. The minimum Gasteiger partial charge on any atom is -0.495 e. The van der Waals surface area contributed by atoms with E-state index in [-0.39, 0.29) is 22.9 Å². The number of nitriles is 1. The minimum atomic E-state index is -0.684. The number of hydrogen-bond acceptors (Lipinski definition) is 7. The van der Waals surface area contributed by atoms with E-state index in [0.717, 1.165) is 5.56 Å². The standard InChI is InChI=1S/C20H16ClN5O5/c1-12-3-6-18(30-2)17(7-12)23-20(27)13(9-22)8-14-4-5-15(31-14)10-25-11-16(21)19(24-25)26(28)29/h3-8,11H,10H2,1-2H3,(H,23,27)/b13-8+. The number of carbonyl (C=O) groups excluding carboxylic acids is 1. The van der Waals surface area contributed by atoms with Crippen LogP contribution in [0.1, 0.15) is 17.1 Å². The number of hydrogen-bond donors (Lipinski definition) is 1. The molecule has 0 aliphatic rings. The molecule has 0 unspecified atom stereocenters. The molecule has 1 amide bonds. The van der Waals surface area contributed by atoms with Crippen LogP contribution in [0.3, 0.4) is 0 Å². The van der Waals surface area contributed by atoms with Crippen LogP contribution in [-0.4, -0.2) is 27.7 Å². The van der Waals surface area contributed by atoms with Crippen molar-refractivity contribution in [2.24, 2.45) is 0 Å². The van der Waals surface area contributed by atoms with Crippen molar-refractivity contribution < 1.29 is 18.9 Å². The topological polar surface area (TPSA) is 136 Å². The van der Waals surface area contributed by atoms with Gasteiger partial charge in [0.1, 0.15) is 35.5 Å². The van der Waals surface area contributed by atoms with E-state index in [9.17, 15) is 20.2 Å². The van der Waals surface area contributed by atoms with Crippen LogP contribution in [0.4, 0.5) is 11.5 Å². The molecular weight excluding hydrogens is 426 g/mol. The number of aromatic nitrogens is 2. The quantitative estimate of drug-likeness (QED) is 0.253. The highest BCUT2D eigenvalue weighted by atomic mass is 35.5. The largest absolute Gasteiger partial charge is 0.495 e. The molecule has 10 nitrogen and oxygen atoms in total. The third-order valence-electron chi connectivity index (χ3n) is 4.13. The number of nitrogens with zero attached hydrogens (tertiary/aromatic N) is 4. The molecule has 31 heavy (non-hydrogen) atoms. The van der Waals surface area contributed by atoms with Gasteiger partial charge in [-0.25, -0.2) is 0 Å². The number of amides is 1. The van der Waals surface area contributed by atoms with Crippen molar-refractivity contribution in [1.29, 1.82) is 5.26 Å². The molecule has 2 heterocycles. The van der Waals surface area contributed by atoms with Crippen molar-refractivity contribution in [1.82, 2.24) is 9.78 Å². The lowest BCUT2D eigenvalue weighted by atomic mass is 10.2. The number of halogens is 1. The fraction of sp³-hybridized carbons (Fsp3) is 0.150. The Kier molecular flexibility index (Phi) is 6.37. The average Bonchev–Trinajstić information content (AvgIpc) is 3.32. The number of methoxy groups -OCH3 is 1. The molecular formula is C20H16ClN5O5. The lowest BCUT2D eigenvalue weighted by Crippen LogP contribution is -2.14. The summed E-state index contributed by atoms with van der Waals surface area (Å²) >= 11 is 5.78. The molecule has 0 saturated heterocycles. The van der Waals surface area contributed by atoms with Crippen LogP contribution in [0.5, 0.6) is 5.75 Å². The van der Waals surface area contributed by atoms with E-state index in [2.05, 4.69) is 10.4 Å². The van der Waals surface area contributed by atoms with Crippen LogP contribution in [-0.2, 0) is 11.3 Å². The molecule has 0 fully saturated rings. The van der Waals surface area contributed by atoms with Crippen molar-refractivity contribution in [2.75, 3.05) is 12.4 Å². The number of furan rings is 1. The van der Waals surface area contributed by atoms with Crippen LogP contribution in [0.2, 0.25) is 5.02 Å². The molecule has 1 aromatic carbocycles. The summed E-state index contributed by atoms with van der Waals surface area (Å²) < 4.78 is 12.1. The van der Waals surface area contributed by atoms with E-state index < -0.39 is 16.6 Å². The van der Waals surface area contributed by atoms with Gasteiger partial charge in [0.15, 0.2) is 5.02 Å². The van der Waals surface area contributed by atoms with Gasteiger partial charge in [-0.15, -0.1) is 0 Å². The number of anilines is 1. The van der Waals surface area contributed by atoms with Gasteiger partial charge in [0.25, 0.3) is 5.91 Å². The van der Waals surface area contributed by atoms with E-state index in [0.29, 0.717) is 17.2 Å². The van der Waals surface area contributed by atoms with Crippen LogP contribution in [0, 0.1) is 28.4 Å². The number of ether oxygens (including phenoxy) is 1. The molecule has 0 bridgehead atoms. The van der Waals surface area contributed by atoms with Crippen molar-refractivity contribution in [3.8, 4) is 11.8 Å². The second-order valence-corrected chi connectivity index (χ2v) is 6.79. The SMILES string of the molecule is COc1ccc(C)cc1NC(=O)/C(C#N)=C/c1ccc(Cn2cc(Cl)c([N+](=O)[O-])n2)o1. The van der Waals surface area contributed by atoms with Crippen LogP contribution < -0.4 is 10.1 Å². The molecule has 3 rings (SSSR count). The maximum atomic E-state index is 12.5. The zero-order valence-corrected chi connectivity index (χ0v) is 17.2. The third kappa shape index (κ3) is 5.09. The first-order valence-corrected chi connectivity index (χ1v) is 9.22. The fourth-order valence-electron chi connectivity index (χ4n) is 2.71. The smallest absolute Gasteiger partial charge is 0.408 e. The third-order valence-corrected chi connectivity index (χ3v) is 4.39. The van der Waals surface area contributed by atoms with E-state index in [1.165, 1.54) is 24.1 Å². The van der Waals surface area contributed by atoms with Crippen LogP contribution in [0.15, 0.2) is 46.5 Å². The van der Waals surface area contributed by atoms with Gasteiger partial charge < -0.3 is 24.6 Å². The zero-order chi connectivity index (χ0) is 22.5. The number of benzene rings is 1. The molecule has 0 aliphatic heterocycles. The maximum Gasteiger partial charge on any atom is 0.408 e. The Hall–Kier alpha value is -4.10. The van der Waals surface area contributed by atoms with Crippen molar-refractivity contribution >= 4 is 35.1 Å². The molecule has 0 spiro atoms. The predicted molar refractivity (Wildman–Crippen MR) is 112 cm³/mol. The van der Waals surface area contributed by atoms with Gasteiger partial charge >= 0.3 is 5.82 Å². The summed E-state index contributed by atoms with van der Waals surface area (Å²) in [6.45, 7) is 1.94. The maximum absolute atomic E-state index is 12.5. The normalized spacial score (nSPS) is 11.1. The molecule has 1 N–H and O–H groups in total. The van der Waals surface area contributed by atoms with Crippen LogP contribution in [0.25, 0.3) is 6.08 Å². The fourth-order valence-corrected chi connectivity index (χ4v) is 2.93. The number of aryl methyl sites for hydroxylation is 1. The lowest BCUT2D eigenvalue weighted by Gasteiger charge is -2.10. The Bertz CT molecular complexity index is 1220. The number of carbonyl (C=O) groups is 1. The molecule has 0 aliphatic carbocycles. The van der Waals surface area contributed by atoms with E-state index in [1.54, 1.807) is 24.3 Å². The molecule has 2 aromatic heterocycles. The molecule has 158 valence electrons. The molecule has 0 radical (unpaired) electrons. The monoisotopic (exact) mass is 441 g/mol. The number of nitro groups is 1. The van der Waals surface area contributed by atoms with E-state index >= 15 is 0 Å². The molecule has 0 saturated carbocycles. The molecule has 11 heteroatoms. The van der Waals surface area contributed by atoms with Gasteiger partial charge in [-0.1, -0.05) is 17.7 Å². The Morgan fingerprint density at radius 1 is 1.45 bits per heavy atom. The lowest BCUT2D eigenvalue weighted by molar-refractivity contribution is -0.389. The summed E-state index contributed by atoms with van der Waals surface area (Å²) in [6.07, 6.45) is 2.60. The highest BCUT2D eigenvalue weighted by molar-refractivity contribution is 6.32. The van der Waals surface area contributed by atoms with Gasteiger partial charge in [0, 0.05) is 6.08 Å². The van der Waals surface area contributed by atoms with E-state index in [4.69, 9.17) is 20.8 Å². The summed E-state index contributed by atoms with van der Waals surface area (Å²) in [5, 5.41) is 26.6. The Morgan fingerprint density at radius 3 is 2.87 bits per heavy atom. The van der Waals surface area contributed by atoms with Crippen LogP contribution >= 0.6 is 11.6 Å². The Morgan fingerprint density at radius 2 is 2.23 bits per heavy atom. The number of rotatable bonds is 7. The second-order valence-electron chi connectivity index (χ2n) is 6.39. The van der Waals surface area contributed by atoms with E-state index in [1.807, 2.05) is 19.1 Å². The molecule has 3 aromatic rings. The summed E-state index contributed by atoms with van der Waals surface area (Å²) in [6, 6.07) is 10.3. The summed E-state index contributed by atoms with van der Waals surface area (Å²) in [5.74, 6) is 0.0368. The Balaban J connectivity index is 1.76.